The Balaban J connectivity index is 2.21. The number of carboxylic acid groups (broad SMARTS) is 1. The zero-order valence-electron chi connectivity index (χ0n) is 9.49. The van der Waals surface area contributed by atoms with Gasteiger partial charge in [0.25, 0.3) is 5.91 Å². The number of carbonyl (C=O) groups is 2. The molecule has 2 heterocycles. The predicted octanol–water partition coefficient (Wildman–Crippen LogP) is 0.766. The summed E-state index contributed by atoms with van der Waals surface area (Å²) in [6, 6.07) is 5.86. The molecule has 2 N–H and O–H groups in total. The fourth-order valence-electron chi connectivity index (χ4n) is 1.36. The summed E-state index contributed by atoms with van der Waals surface area (Å²) in [5.41, 5.74) is -0.135. The number of anilines is 1. The number of nitrogens with one attached hydrogen (secondary N) is 1. The second kappa shape index (κ2) is 4.66. The summed E-state index contributed by atoms with van der Waals surface area (Å²) in [6.45, 7) is 0. The van der Waals surface area contributed by atoms with E-state index < -0.39 is 11.9 Å². The van der Waals surface area contributed by atoms with E-state index in [-0.39, 0.29) is 11.4 Å². The van der Waals surface area contributed by atoms with Crippen LogP contribution in [-0.2, 0) is 7.05 Å². The Kier molecular flexibility index (Phi) is 3.05. The molecule has 0 bridgehead atoms. The molecule has 7 nitrogen and oxygen atoms in total. The quantitative estimate of drug-likeness (QED) is 0.833. The van der Waals surface area contributed by atoms with Crippen molar-refractivity contribution in [2.24, 2.45) is 7.05 Å². The van der Waals surface area contributed by atoms with E-state index in [2.05, 4.69) is 15.4 Å². The highest BCUT2D eigenvalue weighted by Gasteiger charge is 2.12. The van der Waals surface area contributed by atoms with E-state index in [1.807, 2.05) is 0 Å². The Morgan fingerprint density at radius 3 is 2.61 bits per heavy atom. The minimum Gasteiger partial charge on any atom is -0.477 e. The maximum Gasteiger partial charge on any atom is 0.354 e. The average molecular weight is 246 g/mol. The van der Waals surface area contributed by atoms with Gasteiger partial charge in [-0.3, -0.25) is 9.48 Å². The van der Waals surface area contributed by atoms with Crippen LogP contribution >= 0.6 is 0 Å². The molecule has 0 aliphatic carbocycles. The van der Waals surface area contributed by atoms with Crippen molar-refractivity contribution in [3.8, 4) is 0 Å². The summed E-state index contributed by atoms with van der Waals surface area (Å²) in [5.74, 6) is -1.16. The van der Waals surface area contributed by atoms with E-state index in [9.17, 15) is 9.59 Å². The molecule has 0 saturated heterocycles. The first kappa shape index (κ1) is 11.8. The molecule has 0 saturated carbocycles. The van der Waals surface area contributed by atoms with E-state index in [4.69, 9.17) is 5.11 Å². The number of hydrogen-bond acceptors (Lipinski definition) is 4. The molecule has 0 aliphatic rings. The predicted molar refractivity (Wildman–Crippen MR) is 62.4 cm³/mol. The lowest BCUT2D eigenvalue weighted by molar-refractivity contribution is 0.0690. The zero-order valence-corrected chi connectivity index (χ0v) is 9.49. The van der Waals surface area contributed by atoms with Gasteiger partial charge in [-0.25, -0.2) is 9.78 Å². The van der Waals surface area contributed by atoms with Crippen LogP contribution in [-0.4, -0.2) is 31.7 Å². The van der Waals surface area contributed by atoms with Crippen LogP contribution in [0, 0.1) is 0 Å². The van der Waals surface area contributed by atoms with Crippen molar-refractivity contribution in [2.75, 3.05) is 5.32 Å². The van der Waals surface area contributed by atoms with Gasteiger partial charge in [-0.05, 0) is 12.1 Å². The first-order valence-electron chi connectivity index (χ1n) is 5.07. The molecule has 7 heteroatoms. The summed E-state index contributed by atoms with van der Waals surface area (Å²) in [7, 11) is 1.68. The van der Waals surface area contributed by atoms with Crippen LogP contribution in [0.1, 0.15) is 21.0 Å². The van der Waals surface area contributed by atoms with Gasteiger partial charge in [0, 0.05) is 13.1 Å². The van der Waals surface area contributed by atoms with Crippen LogP contribution in [0.5, 0.6) is 0 Å². The second-order valence-corrected chi connectivity index (χ2v) is 3.51. The number of pyridine rings is 1. The number of aryl methyl sites for hydroxylation is 1. The van der Waals surface area contributed by atoms with Gasteiger partial charge in [0.1, 0.15) is 17.2 Å². The minimum atomic E-state index is -1.18. The van der Waals surface area contributed by atoms with Gasteiger partial charge >= 0.3 is 5.97 Å². The fourth-order valence-corrected chi connectivity index (χ4v) is 1.36. The van der Waals surface area contributed by atoms with E-state index in [1.54, 1.807) is 13.1 Å². The molecule has 2 aromatic heterocycles. The van der Waals surface area contributed by atoms with Crippen LogP contribution in [0.2, 0.25) is 0 Å². The fraction of sp³-hybridized carbons (Fsp3) is 0.0909. The van der Waals surface area contributed by atoms with Crippen molar-refractivity contribution in [3.05, 3.63) is 41.9 Å². The molecule has 0 atom stereocenters. The molecule has 0 spiro atoms. The zero-order chi connectivity index (χ0) is 13.1. The molecular formula is C11H10N4O3. The molecule has 2 rings (SSSR count). The highest BCUT2D eigenvalue weighted by Crippen LogP contribution is 2.07. The number of amides is 1. The van der Waals surface area contributed by atoms with E-state index >= 15 is 0 Å². The topological polar surface area (TPSA) is 97.1 Å². The van der Waals surface area contributed by atoms with Crippen LogP contribution < -0.4 is 5.32 Å². The van der Waals surface area contributed by atoms with Gasteiger partial charge in [-0.1, -0.05) is 6.07 Å². The standard InChI is InChI=1S/C11H10N4O3/c1-15-9(5-6-12-15)14-10(16)7-3-2-4-8(13-7)11(17)18/h2-6H,1H3,(H,14,16)(H,17,18). The summed E-state index contributed by atoms with van der Waals surface area (Å²) in [6.07, 6.45) is 1.54. The van der Waals surface area contributed by atoms with Crippen LogP contribution in [0.4, 0.5) is 5.82 Å². The van der Waals surface area contributed by atoms with Crippen molar-refractivity contribution in [1.29, 1.82) is 0 Å². The molecule has 0 unspecified atom stereocenters. The molecule has 2 aromatic rings. The minimum absolute atomic E-state index is 0.0381. The molecule has 0 aromatic carbocycles. The van der Waals surface area contributed by atoms with Crippen molar-refractivity contribution in [2.45, 2.75) is 0 Å². The van der Waals surface area contributed by atoms with E-state index in [0.717, 1.165) is 0 Å². The number of nitrogens with zero attached hydrogens (tertiary/aromatic N) is 3. The van der Waals surface area contributed by atoms with Crippen molar-refractivity contribution in [3.63, 3.8) is 0 Å². The maximum atomic E-state index is 11.8. The Morgan fingerprint density at radius 2 is 2.00 bits per heavy atom. The van der Waals surface area contributed by atoms with Crippen molar-refractivity contribution < 1.29 is 14.7 Å². The van der Waals surface area contributed by atoms with Gasteiger partial charge in [0.15, 0.2) is 0 Å². The Bertz CT molecular complexity index is 606. The smallest absolute Gasteiger partial charge is 0.354 e. The number of aromatic nitrogens is 3. The summed E-state index contributed by atoms with van der Waals surface area (Å²) >= 11 is 0. The molecule has 0 aliphatic heterocycles. The van der Waals surface area contributed by atoms with Gasteiger partial charge in [0.2, 0.25) is 0 Å². The summed E-state index contributed by atoms with van der Waals surface area (Å²) in [4.78, 5) is 26.3. The van der Waals surface area contributed by atoms with E-state index in [0.29, 0.717) is 5.82 Å². The Morgan fingerprint density at radius 1 is 1.28 bits per heavy atom. The molecular weight excluding hydrogens is 236 g/mol. The van der Waals surface area contributed by atoms with Gasteiger partial charge in [0.05, 0.1) is 6.20 Å². The average Bonchev–Trinajstić information content (AvgIpc) is 2.75. The Labute approximate surface area is 102 Å². The van der Waals surface area contributed by atoms with Crippen LogP contribution in [0.15, 0.2) is 30.5 Å². The van der Waals surface area contributed by atoms with Crippen LogP contribution in [0.25, 0.3) is 0 Å². The lowest BCUT2D eigenvalue weighted by Crippen LogP contribution is -2.17. The molecule has 1 amide bonds. The number of hydrogen-bond donors (Lipinski definition) is 2. The molecule has 18 heavy (non-hydrogen) atoms. The molecule has 92 valence electrons. The lowest BCUT2D eigenvalue weighted by atomic mass is 10.3. The van der Waals surface area contributed by atoms with E-state index in [1.165, 1.54) is 29.1 Å². The van der Waals surface area contributed by atoms with Crippen molar-refractivity contribution in [1.82, 2.24) is 14.8 Å². The largest absolute Gasteiger partial charge is 0.477 e. The summed E-state index contributed by atoms with van der Waals surface area (Å²) in [5, 5.41) is 15.3. The number of rotatable bonds is 3. The number of carboxylic acids is 1. The third-order valence-electron chi connectivity index (χ3n) is 2.26. The number of aromatic carboxylic acids is 1. The first-order valence-corrected chi connectivity index (χ1v) is 5.07. The summed E-state index contributed by atoms with van der Waals surface area (Å²) < 4.78 is 1.49. The van der Waals surface area contributed by atoms with Crippen molar-refractivity contribution >= 4 is 17.7 Å². The van der Waals surface area contributed by atoms with Crippen LogP contribution in [0.3, 0.4) is 0 Å². The third kappa shape index (κ3) is 2.34. The highest BCUT2D eigenvalue weighted by molar-refractivity contribution is 6.03. The normalized spacial score (nSPS) is 10.1. The SMILES string of the molecule is Cn1nccc1NC(=O)c1cccc(C(=O)O)n1. The maximum absolute atomic E-state index is 11.8. The van der Waals surface area contributed by atoms with Gasteiger partial charge in [-0.2, -0.15) is 5.10 Å². The molecule has 0 fully saturated rings. The third-order valence-corrected chi connectivity index (χ3v) is 2.26. The first-order chi connectivity index (χ1) is 8.58. The second-order valence-electron chi connectivity index (χ2n) is 3.51. The highest BCUT2D eigenvalue weighted by atomic mass is 16.4. The lowest BCUT2D eigenvalue weighted by Gasteiger charge is -2.04. The van der Waals surface area contributed by atoms with Gasteiger partial charge in [-0.15, -0.1) is 0 Å². The number of carbonyl (C=O) groups excluding carboxylic acids is 1. The monoisotopic (exact) mass is 246 g/mol. The van der Waals surface area contributed by atoms with Gasteiger partial charge < -0.3 is 10.4 Å². The Hall–Kier alpha value is -2.70. The molecule has 0 radical (unpaired) electrons.